The fourth-order valence-electron chi connectivity index (χ4n) is 3.30. The molecule has 0 radical (unpaired) electrons. The molecule has 0 atom stereocenters. The molecule has 34 heavy (non-hydrogen) atoms. The van der Waals surface area contributed by atoms with E-state index in [-0.39, 0.29) is 5.82 Å². The quantitative estimate of drug-likeness (QED) is 0.101. The van der Waals surface area contributed by atoms with E-state index in [1.54, 1.807) is 30.5 Å². The molecule has 9 heteroatoms. The molecule has 0 aliphatic heterocycles. The first-order valence-corrected chi connectivity index (χ1v) is 15.9. The van der Waals surface area contributed by atoms with Crippen LogP contribution in [0.3, 0.4) is 0 Å². The Morgan fingerprint density at radius 3 is 2.38 bits per heavy atom. The smallest absolute Gasteiger partial charge is 0.187 e. The largest absolute Gasteiger partial charge is 0.426 e. The van der Waals surface area contributed by atoms with Crippen LogP contribution in [0.25, 0.3) is 34.0 Å². The lowest BCUT2D eigenvalue weighted by Gasteiger charge is -2.09. The second kappa shape index (κ2) is 9.85. The number of rotatable bonds is 4. The van der Waals surface area contributed by atoms with Gasteiger partial charge in [-0.05, 0) is 36.6 Å². The third kappa shape index (κ3) is 5.16. The van der Waals surface area contributed by atoms with E-state index in [0.717, 1.165) is 15.9 Å². The third-order valence-corrected chi connectivity index (χ3v) is 6.88. The van der Waals surface area contributed by atoms with Gasteiger partial charge in [-0.25, -0.2) is 15.0 Å². The predicted molar refractivity (Wildman–Crippen MR) is 143 cm³/mol. The summed E-state index contributed by atoms with van der Waals surface area (Å²) >= 11 is 14.3. The highest BCUT2D eigenvalue weighted by molar-refractivity contribution is 7.98. The Labute approximate surface area is 214 Å². The summed E-state index contributed by atoms with van der Waals surface area (Å²) in [5.41, 5.74) is 6.95. The summed E-state index contributed by atoms with van der Waals surface area (Å²) in [6, 6.07) is 14.6. The summed E-state index contributed by atoms with van der Waals surface area (Å²) in [4.78, 5) is 13.6. The molecule has 0 saturated heterocycles. The molecule has 0 fully saturated rings. The lowest BCUT2D eigenvalue weighted by Crippen LogP contribution is -2.16. The Kier molecular flexibility index (Phi) is 7.06. The van der Waals surface area contributed by atoms with Crippen molar-refractivity contribution >= 4 is 43.0 Å². The molecule has 5 nitrogen and oxygen atoms in total. The van der Waals surface area contributed by atoms with Gasteiger partial charge in [0.2, 0.25) is 0 Å². The van der Waals surface area contributed by atoms with Crippen molar-refractivity contribution in [1.82, 2.24) is 19.7 Å². The lowest BCUT2D eigenvalue weighted by molar-refractivity contribution is 0.195. The van der Waals surface area contributed by atoms with Crippen molar-refractivity contribution in [2.75, 3.05) is 6.26 Å². The van der Waals surface area contributed by atoms with Gasteiger partial charge in [0.05, 0.1) is 21.3 Å². The van der Waals surface area contributed by atoms with Gasteiger partial charge in [-0.3, -0.25) is 0 Å². The Hall–Kier alpha value is -2.76. The Balaban J connectivity index is 1.98. The Bertz CT molecular complexity index is 1420. The van der Waals surface area contributed by atoms with Crippen molar-refractivity contribution < 1.29 is 5.21 Å². The van der Waals surface area contributed by atoms with Crippen LogP contribution in [0.2, 0.25) is 29.7 Å². The monoisotopic (exact) mass is 524 g/mol. The summed E-state index contributed by atoms with van der Waals surface area (Å²) < 4.78 is 1.02. The van der Waals surface area contributed by atoms with Crippen LogP contribution in [-0.2, 0) is 0 Å². The van der Waals surface area contributed by atoms with Crippen molar-refractivity contribution in [3.63, 3.8) is 0 Å². The first-order valence-electron chi connectivity index (χ1n) is 10.5. The van der Waals surface area contributed by atoms with E-state index in [2.05, 4.69) is 41.1 Å². The van der Waals surface area contributed by atoms with Gasteiger partial charge in [0.25, 0.3) is 0 Å². The van der Waals surface area contributed by atoms with E-state index in [9.17, 15) is 5.21 Å². The minimum absolute atomic E-state index is 0.225. The standard InChI is InChI=1S/C25H22Cl2N4OSSi/c1-33-25-28-13-11-20(29-25)22-23(17-8-5-7-16(15-17)12-14-34(2,3)4)31(32)24(30-22)21-18(26)9-6-10-19(21)27/h5-11,13,15,32H,1-4H3. The average Bonchev–Trinajstić information content (AvgIpc) is 3.14. The zero-order chi connectivity index (χ0) is 24.5. The summed E-state index contributed by atoms with van der Waals surface area (Å²) in [5.74, 6) is 3.50. The highest BCUT2D eigenvalue weighted by Gasteiger charge is 2.25. The number of halogens is 2. The number of nitrogens with zero attached hydrogens (tertiary/aromatic N) is 4. The number of hydrogen-bond donors (Lipinski definition) is 1. The number of thioether (sulfide) groups is 1. The second-order valence-electron chi connectivity index (χ2n) is 8.55. The zero-order valence-electron chi connectivity index (χ0n) is 19.1. The normalized spacial score (nSPS) is 11.2. The number of imidazole rings is 1. The van der Waals surface area contributed by atoms with Crippen LogP contribution in [-0.4, -0.2) is 39.2 Å². The minimum Gasteiger partial charge on any atom is -0.426 e. The molecular formula is C25H22Cl2N4OSSi. The van der Waals surface area contributed by atoms with Gasteiger partial charge < -0.3 is 5.21 Å². The fourth-order valence-corrected chi connectivity index (χ4v) is 4.74. The van der Waals surface area contributed by atoms with Crippen LogP contribution in [0.4, 0.5) is 0 Å². The molecule has 0 aliphatic carbocycles. The molecule has 2 aromatic carbocycles. The van der Waals surface area contributed by atoms with Gasteiger partial charge in [0, 0.05) is 17.3 Å². The predicted octanol–water partition coefficient (Wildman–Crippen LogP) is 7.17. The van der Waals surface area contributed by atoms with Crippen LogP contribution in [0.15, 0.2) is 59.9 Å². The van der Waals surface area contributed by atoms with E-state index >= 15 is 0 Å². The molecule has 1 N–H and O–H groups in total. The zero-order valence-corrected chi connectivity index (χ0v) is 22.4. The molecule has 0 spiro atoms. The Morgan fingerprint density at radius 1 is 1.00 bits per heavy atom. The summed E-state index contributed by atoms with van der Waals surface area (Å²) in [7, 11) is -1.55. The molecule has 2 aromatic heterocycles. The molecule has 0 unspecified atom stereocenters. The Morgan fingerprint density at radius 2 is 1.71 bits per heavy atom. The first kappa shape index (κ1) is 24.4. The van der Waals surface area contributed by atoms with Crippen LogP contribution >= 0.6 is 35.0 Å². The average molecular weight is 526 g/mol. The van der Waals surface area contributed by atoms with Crippen molar-refractivity contribution in [2.45, 2.75) is 24.8 Å². The highest BCUT2D eigenvalue weighted by atomic mass is 35.5. The van der Waals surface area contributed by atoms with E-state index in [0.29, 0.717) is 37.8 Å². The number of aromatic nitrogens is 4. The van der Waals surface area contributed by atoms with Gasteiger partial charge in [0.15, 0.2) is 11.0 Å². The van der Waals surface area contributed by atoms with Gasteiger partial charge in [-0.1, -0.05) is 78.7 Å². The summed E-state index contributed by atoms with van der Waals surface area (Å²) in [5, 5.41) is 12.7. The fraction of sp³-hybridized carbons (Fsp3) is 0.160. The minimum atomic E-state index is -1.55. The van der Waals surface area contributed by atoms with E-state index < -0.39 is 8.07 Å². The molecule has 0 saturated carbocycles. The molecule has 4 aromatic rings. The van der Waals surface area contributed by atoms with Crippen molar-refractivity contribution in [1.29, 1.82) is 0 Å². The topological polar surface area (TPSA) is 63.8 Å². The summed E-state index contributed by atoms with van der Waals surface area (Å²) in [6.45, 7) is 6.59. The van der Waals surface area contributed by atoms with Crippen LogP contribution in [0.5, 0.6) is 0 Å². The van der Waals surface area contributed by atoms with E-state index in [4.69, 9.17) is 28.2 Å². The van der Waals surface area contributed by atoms with Gasteiger partial charge in [-0.2, -0.15) is 4.73 Å². The SMILES string of the molecule is CSc1nccc(-c2nc(-c3c(Cl)cccc3Cl)n(O)c2-c2cccc(C#C[Si](C)(C)C)c2)n1. The van der Waals surface area contributed by atoms with Crippen molar-refractivity contribution in [2.24, 2.45) is 0 Å². The molecule has 172 valence electrons. The maximum Gasteiger partial charge on any atom is 0.187 e. The van der Waals surface area contributed by atoms with Gasteiger partial charge in [0.1, 0.15) is 19.5 Å². The molecule has 0 bridgehead atoms. The number of benzene rings is 2. The van der Waals surface area contributed by atoms with Crippen molar-refractivity contribution in [3.8, 4) is 45.5 Å². The van der Waals surface area contributed by atoms with Crippen LogP contribution in [0, 0.1) is 11.5 Å². The molecular weight excluding hydrogens is 503 g/mol. The summed E-state index contributed by atoms with van der Waals surface area (Å²) in [6.07, 6.45) is 3.58. The number of hydrogen-bond acceptors (Lipinski definition) is 5. The molecule has 4 rings (SSSR count). The van der Waals surface area contributed by atoms with Crippen LogP contribution < -0.4 is 0 Å². The maximum atomic E-state index is 11.4. The third-order valence-electron chi connectivity index (χ3n) is 4.82. The highest BCUT2D eigenvalue weighted by Crippen LogP contribution is 2.39. The van der Waals surface area contributed by atoms with Gasteiger partial charge in [-0.15, -0.1) is 5.54 Å². The van der Waals surface area contributed by atoms with Crippen LogP contribution in [0.1, 0.15) is 5.56 Å². The molecule has 2 heterocycles. The van der Waals surface area contributed by atoms with E-state index in [1.165, 1.54) is 11.8 Å². The van der Waals surface area contributed by atoms with Gasteiger partial charge >= 0.3 is 0 Å². The maximum absolute atomic E-state index is 11.4. The first-order chi connectivity index (χ1) is 16.2. The second-order valence-corrected chi connectivity index (χ2v) is 14.9. The lowest BCUT2D eigenvalue weighted by atomic mass is 10.1. The van der Waals surface area contributed by atoms with Crippen molar-refractivity contribution in [3.05, 3.63) is 70.3 Å². The molecule has 0 aliphatic rings. The molecule has 0 amide bonds. The van der Waals surface area contributed by atoms with E-state index in [1.807, 2.05) is 30.5 Å².